The van der Waals surface area contributed by atoms with E-state index in [4.69, 9.17) is 21.7 Å². The van der Waals surface area contributed by atoms with Crippen LogP contribution in [0.2, 0.25) is 5.02 Å². The van der Waals surface area contributed by atoms with Gasteiger partial charge in [0.05, 0.1) is 29.3 Å². The number of benzene rings is 2. The Balaban J connectivity index is 1.85. The summed E-state index contributed by atoms with van der Waals surface area (Å²) in [6.07, 6.45) is 0. The molecule has 0 aliphatic carbocycles. The predicted molar refractivity (Wildman–Crippen MR) is 106 cm³/mol. The second-order valence-corrected chi connectivity index (χ2v) is 6.52. The summed E-state index contributed by atoms with van der Waals surface area (Å²) >= 11 is 6.15. The van der Waals surface area contributed by atoms with Crippen LogP contribution in [0.15, 0.2) is 48.5 Å². The van der Waals surface area contributed by atoms with E-state index in [0.29, 0.717) is 36.2 Å². The summed E-state index contributed by atoms with van der Waals surface area (Å²) in [5.74, 6) is 0.674. The van der Waals surface area contributed by atoms with Crippen LogP contribution in [0.3, 0.4) is 0 Å². The van der Waals surface area contributed by atoms with E-state index in [1.165, 1.54) is 0 Å². The molecule has 6 heteroatoms. The summed E-state index contributed by atoms with van der Waals surface area (Å²) in [7, 11) is 0. The molecule has 2 aromatic carbocycles. The van der Waals surface area contributed by atoms with Crippen molar-refractivity contribution in [3.05, 3.63) is 59.2 Å². The molecule has 26 heavy (non-hydrogen) atoms. The highest BCUT2D eigenvalue weighted by atomic mass is 35.5. The molecule has 0 saturated carbocycles. The van der Waals surface area contributed by atoms with Crippen molar-refractivity contribution in [2.75, 3.05) is 19.7 Å². The Morgan fingerprint density at radius 3 is 2.23 bits per heavy atom. The first kappa shape index (κ1) is 18.5. The number of halogens is 1. The molecule has 0 unspecified atom stereocenters. The van der Waals surface area contributed by atoms with E-state index in [9.17, 15) is 0 Å². The second kappa shape index (κ2) is 8.43. The Morgan fingerprint density at radius 2 is 1.58 bits per heavy atom. The summed E-state index contributed by atoms with van der Waals surface area (Å²) in [5, 5.41) is 9.27. The van der Waals surface area contributed by atoms with Gasteiger partial charge in [-0.05, 0) is 37.4 Å². The average molecular weight is 373 g/mol. The summed E-state index contributed by atoms with van der Waals surface area (Å²) in [4.78, 5) is 2.30. The summed E-state index contributed by atoms with van der Waals surface area (Å²) in [6, 6.07) is 15.6. The normalized spacial score (nSPS) is 11.4. The van der Waals surface area contributed by atoms with Gasteiger partial charge < -0.3 is 9.30 Å². The third-order valence-electron chi connectivity index (χ3n) is 4.62. The SMILES string of the molecule is CCN(CC)Cn1c(=N)n(CCOc2ccccc2Cl)c2ccccc21. The number of nitrogens with one attached hydrogen (secondary N) is 1. The second-order valence-electron chi connectivity index (χ2n) is 6.12. The minimum Gasteiger partial charge on any atom is -0.490 e. The van der Waals surface area contributed by atoms with E-state index < -0.39 is 0 Å². The van der Waals surface area contributed by atoms with Gasteiger partial charge in [-0.15, -0.1) is 0 Å². The van der Waals surface area contributed by atoms with Crippen LogP contribution >= 0.6 is 11.6 Å². The Bertz CT molecular complexity index is 927. The number of ether oxygens (including phenoxy) is 1. The standard InChI is InChI=1S/C20H25ClN4O/c1-3-23(4-2)15-25-18-11-7-6-10-17(18)24(20(25)22)13-14-26-19-12-8-5-9-16(19)21/h5-12,22H,3-4,13-15H2,1-2H3. The number of nitrogens with zero attached hydrogens (tertiary/aromatic N) is 3. The van der Waals surface area contributed by atoms with Crippen molar-refractivity contribution in [2.45, 2.75) is 27.1 Å². The van der Waals surface area contributed by atoms with Crippen LogP contribution in [0.1, 0.15) is 13.8 Å². The Morgan fingerprint density at radius 1 is 0.962 bits per heavy atom. The number of para-hydroxylation sites is 3. The van der Waals surface area contributed by atoms with Crippen molar-refractivity contribution in [2.24, 2.45) is 0 Å². The molecular weight excluding hydrogens is 348 g/mol. The lowest BCUT2D eigenvalue weighted by molar-refractivity contribution is 0.237. The molecule has 1 N–H and O–H groups in total. The Kier molecular flexibility index (Phi) is 6.01. The molecule has 0 aliphatic rings. The number of fused-ring (bicyclic) bond motifs is 1. The molecule has 0 fully saturated rings. The zero-order valence-electron chi connectivity index (χ0n) is 15.3. The minimum atomic E-state index is 0.458. The monoisotopic (exact) mass is 372 g/mol. The van der Waals surface area contributed by atoms with E-state index in [0.717, 1.165) is 24.1 Å². The van der Waals surface area contributed by atoms with Gasteiger partial charge in [0, 0.05) is 0 Å². The highest BCUT2D eigenvalue weighted by Gasteiger charge is 2.12. The number of hydrogen-bond acceptors (Lipinski definition) is 3. The van der Waals surface area contributed by atoms with Crippen LogP contribution in [0.5, 0.6) is 5.75 Å². The molecular formula is C20H25ClN4O. The predicted octanol–water partition coefficient (Wildman–Crippen LogP) is 3.95. The maximum absolute atomic E-state index is 8.66. The quantitative estimate of drug-likeness (QED) is 0.650. The number of aromatic nitrogens is 2. The van der Waals surface area contributed by atoms with E-state index in [2.05, 4.69) is 35.4 Å². The zero-order valence-corrected chi connectivity index (χ0v) is 16.0. The van der Waals surface area contributed by atoms with Crippen LogP contribution in [-0.2, 0) is 13.2 Å². The topological polar surface area (TPSA) is 46.2 Å². The maximum Gasteiger partial charge on any atom is 0.204 e. The molecule has 0 radical (unpaired) electrons. The fraction of sp³-hybridized carbons (Fsp3) is 0.350. The van der Waals surface area contributed by atoms with Gasteiger partial charge in [0.2, 0.25) is 5.62 Å². The van der Waals surface area contributed by atoms with Gasteiger partial charge in [-0.3, -0.25) is 14.9 Å². The molecule has 0 bridgehead atoms. The van der Waals surface area contributed by atoms with E-state index >= 15 is 0 Å². The van der Waals surface area contributed by atoms with Crippen molar-refractivity contribution >= 4 is 22.6 Å². The largest absolute Gasteiger partial charge is 0.490 e. The van der Waals surface area contributed by atoms with Crippen LogP contribution in [-0.4, -0.2) is 33.7 Å². The third-order valence-corrected chi connectivity index (χ3v) is 4.93. The molecule has 3 aromatic rings. The molecule has 3 rings (SSSR count). The maximum atomic E-state index is 8.66. The summed E-state index contributed by atoms with van der Waals surface area (Å²) < 4.78 is 9.87. The van der Waals surface area contributed by atoms with E-state index in [1.807, 2.05) is 41.0 Å². The first-order chi connectivity index (χ1) is 12.7. The van der Waals surface area contributed by atoms with Crippen molar-refractivity contribution in [1.29, 1.82) is 5.41 Å². The zero-order chi connectivity index (χ0) is 18.5. The third kappa shape index (κ3) is 3.79. The highest BCUT2D eigenvalue weighted by Crippen LogP contribution is 2.23. The van der Waals surface area contributed by atoms with Crippen molar-refractivity contribution in [3.8, 4) is 5.75 Å². The molecule has 1 aromatic heterocycles. The summed E-state index contributed by atoms with van der Waals surface area (Å²) in [6.45, 7) is 7.96. The van der Waals surface area contributed by atoms with Crippen LogP contribution < -0.4 is 10.4 Å². The first-order valence-electron chi connectivity index (χ1n) is 8.98. The van der Waals surface area contributed by atoms with Gasteiger partial charge >= 0.3 is 0 Å². The number of rotatable bonds is 8. The van der Waals surface area contributed by atoms with Gasteiger partial charge in [0.15, 0.2) is 0 Å². The first-order valence-corrected chi connectivity index (χ1v) is 9.35. The Hall–Kier alpha value is -2.24. The molecule has 1 heterocycles. The van der Waals surface area contributed by atoms with Gasteiger partial charge in [0.1, 0.15) is 12.4 Å². The average Bonchev–Trinajstić information content (AvgIpc) is 2.93. The lowest BCUT2D eigenvalue weighted by atomic mass is 10.3. The molecule has 5 nitrogen and oxygen atoms in total. The van der Waals surface area contributed by atoms with E-state index in [1.54, 1.807) is 0 Å². The highest BCUT2D eigenvalue weighted by molar-refractivity contribution is 6.32. The van der Waals surface area contributed by atoms with Crippen LogP contribution in [0.25, 0.3) is 11.0 Å². The number of imidazole rings is 1. The smallest absolute Gasteiger partial charge is 0.204 e. The molecule has 138 valence electrons. The van der Waals surface area contributed by atoms with Crippen molar-refractivity contribution < 1.29 is 4.74 Å². The molecule has 0 atom stereocenters. The van der Waals surface area contributed by atoms with Gasteiger partial charge in [-0.2, -0.15) is 0 Å². The fourth-order valence-electron chi connectivity index (χ4n) is 3.10. The summed E-state index contributed by atoms with van der Waals surface area (Å²) in [5.41, 5.74) is 2.61. The lowest BCUT2D eigenvalue weighted by Gasteiger charge is -2.19. The van der Waals surface area contributed by atoms with Crippen LogP contribution in [0, 0.1) is 5.41 Å². The van der Waals surface area contributed by atoms with Gasteiger partial charge in [0.25, 0.3) is 0 Å². The molecule has 0 aliphatic heterocycles. The molecule has 0 spiro atoms. The fourth-order valence-corrected chi connectivity index (χ4v) is 3.29. The van der Waals surface area contributed by atoms with E-state index in [-0.39, 0.29) is 0 Å². The van der Waals surface area contributed by atoms with Gasteiger partial charge in [-0.1, -0.05) is 49.7 Å². The lowest BCUT2D eigenvalue weighted by Crippen LogP contribution is -2.33. The molecule has 0 amide bonds. The number of hydrogen-bond donors (Lipinski definition) is 1. The Labute approximate surface area is 158 Å². The molecule has 0 saturated heterocycles. The minimum absolute atomic E-state index is 0.458. The van der Waals surface area contributed by atoms with Crippen molar-refractivity contribution in [1.82, 2.24) is 14.0 Å². The van der Waals surface area contributed by atoms with Gasteiger partial charge in [-0.25, -0.2) is 0 Å². The van der Waals surface area contributed by atoms with Crippen LogP contribution in [0.4, 0.5) is 0 Å². The van der Waals surface area contributed by atoms with Crippen molar-refractivity contribution in [3.63, 3.8) is 0 Å².